The maximum atomic E-state index is 12.7. The molecule has 0 unspecified atom stereocenters. The molecule has 0 bridgehead atoms. The van der Waals surface area contributed by atoms with Crippen molar-refractivity contribution in [2.45, 2.75) is 20.3 Å². The minimum Gasteiger partial charge on any atom is -0.490 e. The molecule has 0 radical (unpaired) electrons. The van der Waals surface area contributed by atoms with Gasteiger partial charge in [-0.25, -0.2) is 0 Å². The lowest BCUT2D eigenvalue weighted by Crippen LogP contribution is -2.44. The van der Waals surface area contributed by atoms with Gasteiger partial charge < -0.3 is 24.6 Å². The Bertz CT molecular complexity index is 800. The number of nitrogens with zero attached hydrogens (tertiary/aromatic N) is 2. The summed E-state index contributed by atoms with van der Waals surface area (Å²) in [4.78, 5) is 17.4. The molecule has 2 aromatic rings. The number of ether oxygens (including phenoxy) is 2. The van der Waals surface area contributed by atoms with Crippen LogP contribution in [0.15, 0.2) is 42.5 Å². The minimum atomic E-state index is -0.166. The Morgan fingerprint density at radius 1 is 0.966 bits per heavy atom. The minimum absolute atomic E-state index is 0.166. The fraction of sp³-hybridized carbons (Fsp3) is 0.435. The van der Waals surface area contributed by atoms with Gasteiger partial charge in [0.05, 0.1) is 13.2 Å². The third kappa shape index (κ3) is 5.64. The maximum Gasteiger partial charge on any atom is 0.255 e. The zero-order valence-electron chi connectivity index (χ0n) is 17.6. The SMILES string of the molecule is CCCOc1ccc(C(=O)Nc2ccc(N3CCN(C)CC3)cc2)cc1OCC. The first-order valence-corrected chi connectivity index (χ1v) is 10.3. The van der Waals surface area contributed by atoms with Crippen LogP contribution in [0.4, 0.5) is 11.4 Å². The predicted molar refractivity (Wildman–Crippen MR) is 118 cm³/mol. The quantitative estimate of drug-likeness (QED) is 0.733. The van der Waals surface area contributed by atoms with Gasteiger partial charge in [0.2, 0.25) is 0 Å². The van der Waals surface area contributed by atoms with E-state index in [9.17, 15) is 4.79 Å². The number of piperazine rings is 1. The average Bonchev–Trinajstić information content (AvgIpc) is 2.74. The van der Waals surface area contributed by atoms with Crippen molar-refractivity contribution in [2.24, 2.45) is 0 Å². The molecule has 156 valence electrons. The monoisotopic (exact) mass is 397 g/mol. The number of nitrogens with one attached hydrogen (secondary N) is 1. The van der Waals surface area contributed by atoms with Gasteiger partial charge in [-0.15, -0.1) is 0 Å². The molecule has 1 aliphatic heterocycles. The summed E-state index contributed by atoms with van der Waals surface area (Å²) in [5.41, 5.74) is 2.50. The van der Waals surface area contributed by atoms with E-state index >= 15 is 0 Å². The van der Waals surface area contributed by atoms with E-state index in [1.165, 1.54) is 5.69 Å². The summed E-state index contributed by atoms with van der Waals surface area (Å²) >= 11 is 0. The van der Waals surface area contributed by atoms with Crippen molar-refractivity contribution in [3.63, 3.8) is 0 Å². The molecular formula is C23H31N3O3. The Balaban J connectivity index is 1.65. The van der Waals surface area contributed by atoms with Crippen LogP contribution >= 0.6 is 0 Å². The highest BCUT2D eigenvalue weighted by Gasteiger charge is 2.15. The van der Waals surface area contributed by atoms with E-state index in [2.05, 4.69) is 41.2 Å². The molecule has 0 aromatic heterocycles. The third-order valence-electron chi connectivity index (χ3n) is 4.96. The van der Waals surface area contributed by atoms with E-state index in [4.69, 9.17) is 9.47 Å². The second kappa shape index (κ2) is 10.2. The Labute approximate surface area is 173 Å². The summed E-state index contributed by atoms with van der Waals surface area (Å²) in [5.74, 6) is 1.10. The molecule has 3 rings (SSSR count). The number of hydrogen-bond donors (Lipinski definition) is 1. The van der Waals surface area contributed by atoms with E-state index in [0.717, 1.165) is 38.3 Å². The van der Waals surface area contributed by atoms with Crippen molar-refractivity contribution in [2.75, 3.05) is 56.7 Å². The van der Waals surface area contributed by atoms with Crippen molar-refractivity contribution in [1.29, 1.82) is 0 Å². The topological polar surface area (TPSA) is 54.0 Å². The van der Waals surface area contributed by atoms with Crippen molar-refractivity contribution in [3.05, 3.63) is 48.0 Å². The number of hydrogen-bond acceptors (Lipinski definition) is 5. The second-order valence-electron chi connectivity index (χ2n) is 7.23. The highest BCUT2D eigenvalue weighted by atomic mass is 16.5. The summed E-state index contributed by atoms with van der Waals surface area (Å²) in [6, 6.07) is 13.3. The van der Waals surface area contributed by atoms with Crippen LogP contribution in [0.25, 0.3) is 0 Å². The molecule has 0 spiro atoms. The van der Waals surface area contributed by atoms with Gasteiger partial charge in [-0.3, -0.25) is 4.79 Å². The van der Waals surface area contributed by atoms with Crippen LogP contribution in [0, 0.1) is 0 Å². The predicted octanol–water partition coefficient (Wildman–Crippen LogP) is 3.88. The number of carbonyl (C=O) groups is 1. The van der Waals surface area contributed by atoms with E-state index in [-0.39, 0.29) is 5.91 Å². The Hall–Kier alpha value is -2.73. The number of carbonyl (C=O) groups excluding carboxylic acids is 1. The molecule has 6 nitrogen and oxygen atoms in total. The molecule has 1 saturated heterocycles. The number of benzene rings is 2. The lowest BCUT2D eigenvalue weighted by molar-refractivity contribution is 0.102. The zero-order valence-corrected chi connectivity index (χ0v) is 17.6. The van der Waals surface area contributed by atoms with E-state index < -0.39 is 0 Å². The van der Waals surface area contributed by atoms with Crippen molar-refractivity contribution >= 4 is 17.3 Å². The largest absolute Gasteiger partial charge is 0.490 e. The Morgan fingerprint density at radius 2 is 1.69 bits per heavy atom. The number of amides is 1. The molecule has 29 heavy (non-hydrogen) atoms. The molecule has 2 aromatic carbocycles. The first-order valence-electron chi connectivity index (χ1n) is 10.3. The van der Waals surface area contributed by atoms with Gasteiger partial charge in [0.15, 0.2) is 11.5 Å². The number of likely N-dealkylation sites (N-methyl/N-ethyl adjacent to an activating group) is 1. The van der Waals surface area contributed by atoms with Gasteiger partial charge in [0, 0.05) is 43.1 Å². The van der Waals surface area contributed by atoms with Crippen LogP contribution in [-0.2, 0) is 0 Å². The summed E-state index contributed by atoms with van der Waals surface area (Å²) in [6.45, 7) is 9.28. The highest BCUT2D eigenvalue weighted by molar-refractivity contribution is 6.04. The molecular weight excluding hydrogens is 366 g/mol. The van der Waals surface area contributed by atoms with Gasteiger partial charge in [0.1, 0.15) is 0 Å². The lowest BCUT2D eigenvalue weighted by atomic mass is 10.1. The smallest absolute Gasteiger partial charge is 0.255 e. The van der Waals surface area contributed by atoms with Crippen LogP contribution in [-0.4, -0.2) is 57.2 Å². The Morgan fingerprint density at radius 3 is 2.34 bits per heavy atom. The highest BCUT2D eigenvalue weighted by Crippen LogP contribution is 2.29. The Kier molecular flexibility index (Phi) is 7.36. The van der Waals surface area contributed by atoms with Crippen molar-refractivity contribution in [3.8, 4) is 11.5 Å². The number of anilines is 2. The standard InChI is InChI=1S/C23H31N3O3/c1-4-16-29-21-11-6-18(17-22(21)28-5-2)23(27)24-19-7-9-20(10-8-19)26-14-12-25(3)13-15-26/h6-11,17H,4-5,12-16H2,1-3H3,(H,24,27). The van der Waals surface area contributed by atoms with Crippen LogP contribution in [0.1, 0.15) is 30.6 Å². The van der Waals surface area contributed by atoms with Crippen LogP contribution in [0.5, 0.6) is 11.5 Å². The molecule has 6 heteroatoms. The second-order valence-corrected chi connectivity index (χ2v) is 7.23. The van der Waals surface area contributed by atoms with Gasteiger partial charge in [-0.05, 0) is 62.9 Å². The van der Waals surface area contributed by atoms with Crippen LogP contribution < -0.4 is 19.7 Å². The lowest BCUT2D eigenvalue weighted by Gasteiger charge is -2.34. The van der Waals surface area contributed by atoms with Gasteiger partial charge in [-0.1, -0.05) is 6.92 Å². The third-order valence-corrected chi connectivity index (χ3v) is 4.96. The number of rotatable bonds is 8. The molecule has 1 aliphatic rings. The fourth-order valence-electron chi connectivity index (χ4n) is 3.27. The summed E-state index contributed by atoms with van der Waals surface area (Å²) in [5, 5.41) is 2.97. The van der Waals surface area contributed by atoms with Crippen LogP contribution in [0.2, 0.25) is 0 Å². The molecule has 0 atom stereocenters. The molecule has 1 fully saturated rings. The molecule has 1 amide bonds. The van der Waals surface area contributed by atoms with Gasteiger partial charge in [0.25, 0.3) is 5.91 Å². The summed E-state index contributed by atoms with van der Waals surface area (Å²) in [6.07, 6.45) is 0.915. The van der Waals surface area contributed by atoms with E-state index in [1.54, 1.807) is 18.2 Å². The summed E-state index contributed by atoms with van der Waals surface area (Å²) < 4.78 is 11.4. The molecule has 0 saturated carbocycles. The molecule has 1 heterocycles. The maximum absolute atomic E-state index is 12.7. The molecule has 0 aliphatic carbocycles. The fourth-order valence-corrected chi connectivity index (χ4v) is 3.27. The van der Waals surface area contributed by atoms with E-state index in [0.29, 0.717) is 30.3 Å². The van der Waals surface area contributed by atoms with Crippen LogP contribution in [0.3, 0.4) is 0 Å². The molecule has 1 N–H and O–H groups in total. The van der Waals surface area contributed by atoms with Crippen molar-refractivity contribution in [1.82, 2.24) is 4.90 Å². The zero-order chi connectivity index (χ0) is 20.6. The first-order chi connectivity index (χ1) is 14.1. The average molecular weight is 398 g/mol. The normalized spacial score (nSPS) is 14.5. The van der Waals surface area contributed by atoms with Gasteiger partial charge >= 0.3 is 0 Å². The van der Waals surface area contributed by atoms with Gasteiger partial charge in [-0.2, -0.15) is 0 Å². The summed E-state index contributed by atoms with van der Waals surface area (Å²) in [7, 11) is 2.15. The van der Waals surface area contributed by atoms with Crippen molar-refractivity contribution < 1.29 is 14.3 Å². The van der Waals surface area contributed by atoms with E-state index in [1.807, 2.05) is 19.1 Å². The first kappa shape index (κ1) is 21.0.